The first-order valence-corrected chi connectivity index (χ1v) is 9.60. The van der Waals surface area contributed by atoms with E-state index >= 15 is 0 Å². The lowest BCUT2D eigenvalue weighted by Crippen LogP contribution is -2.31. The third kappa shape index (κ3) is 4.65. The monoisotopic (exact) mass is 436 g/mol. The standard InChI is InChI=1S/C20H16ClF3N4S/c1-3-14(22)16(25-2)10-26-20-27-19-12(8-11-6-4-5-7-13(11)21)18(24)15(23)9-17(19)29-28-20/h3-7,9H,1-2,8,10H2,(H2,26,27,28)/b16-14+. The van der Waals surface area contributed by atoms with Gasteiger partial charge in [0.15, 0.2) is 11.6 Å². The number of nitrogens with zero attached hydrogens (tertiary/aromatic N) is 2. The molecule has 150 valence electrons. The summed E-state index contributed by atoms with van der Waals surface area (Å²) in [5.41, 5.74) is 1.14. The van der Waals surface area contributed by atoms with Gasteiger partial charge in [0.2, 0.25) is 5.96 Å². The van der Waals surface area contributed by atoms with E-state index in [-0.39, 0.29) is 30.2 Å². The molecule has 29 heavy (non-hydrogen) atoms. The molecule has 4 nitrogen and oxygen atoms in total. The Balaban J connectivity index is 1.96. The number of aliphatic imine (C=N–C) groups is 2. The zero-order valence-electron chi connectivity index (χ0n) is 15.1. The van der Waals surface area contributed by atoms with Crippen LogP contribution in [0.4, 0.5) is 18.9 Å². The third-order valence-corrected chi connectivity index (χ3v) is 5.35. The highest BCUT2D eigenvalue weighted by molar-refractivity contribution is 7.98. The molecule has 2 aromatic carbocycles. The number of anilines is 1. The van der Waals surface area contributed by atoms with Gasteiger partial charge >= 0.3 is 0 Å². The molecule has 0 aliphatic carbocycles. The molecule has 0 saturated heterocycles. The van der Waals surface area contributed by atoms with Crippen LogP contribution in [0, 0.1) is 11.6 Å². The minimum absolute atomic E-state index is 0.00785. The number of guanidine groups is 1. The molecule has 2 N–H and O–H groups in total. The largest absolute Gasteiger partial charge is 0.324 e. The summed E-state index contributed by atoms with van der Waals surface area (Å²) in [6.07, 6.45) is 1.09. The van der Waals surface area contributed by atoms with Crippen LogP contribution in [0.5, 0.6) is 0 Å². The molecule has 0 bridgehead atoms. The van der Waals surface area contributed by atoms with Crippen molar-refractivity contribution in [2.24, 2.45) is 9.98 Å². The maximum atomic E-state index is 14.6. The Labute approximate surface area is 175 Å². The first kappa shape index (κ1) is 21.0. The molecular formula is C20H16ClF3N4S. The van der Waals surface area contributed by atoms with Crippen LogP contribution in [0.25, 0.3) is 0 Å². The van der Waals surface area contributed by atoms with E-state index in [0.29, 0.717) is 21.2 Å². The Kier molecular flexibility index (Phi) is 6.66. The summed E-state index contributed by atoms with van der Waals surface area (Å²) < 4.78 is 45.3. The predicted molar refractivity (Wildman–Crippen MR) is 113 cm³/mol. The van der Waals surface area contributed by atoms with Gasteiger partial charge in [-0.05, 0) is 42.4 Å². The Morgan fingerprint density at radius 1 is 1.28 bits per heavy atom. The van der Waals surface area contributed by atoms with Crippen molar-refractivity contribution in [2.45, 2.75) is 11.3 Å². The molecular weight excluding hydrogens is 421 g/mol. The summed E-state index contributed by atoms with van der Waals surface area (Å²) in [4.78, 5) is 8.24. The summed E-state index contributed by atoms with van der Waals surface area (Å²) in [6, 6.07) is 8.05. The molecule has 0 spiro atoms. The van der Waals surface area contributed by atoms with Gasteiger partial charge in [-0.15, -0.1) is 0 Å². The quantitative estimate of drug-likeness (QED) is 0.349. The average Bonchev–Trinajstić information content (AvgIpc) is 2.73. The topological polar surface area (TPSA) is 48.8 Å². The molecule has 1 heterocycles. The molecule has 0 amide bonds. The lowest BCUT2D eigenvalue weighted by Gasteiger charge is -2.24. The van der Waals surface area contributed by atoms with Crippen LogP contribution in [0.3, 0.4) is 0 Å². The molecule has 0 unspecified atom stereocenters. The van der Waals surface area contributed by atoms with Gasteiger partial charge in [0.1, 0.15) is 5.83 Å². The smallest absolute Gasteiger partial charge is 0.206 e. The minimum atomic E-state index is -0.968. The van der Waals surface area contributed by atoms with Crippen molar-refractivity contribution in [1.29, 1.82) is 0 Å². The highest BCUT2D eigenvalue weighted by Crippen LogP contribution is 2.37. The van der Waals surface area contributed by atoms with Crippen molar-refractivity contribution < 1.29 is 13.2 Å². The van der Waals surface area contributed by atoms with Crippen LogP contribution < -0.4 is 10.0 Å². The molecule has 0 radical (unpaired) electrons. The van der Waals surface area contributed by atoms with Crippen LogP contribution >= 0.6 is 23.5 Å². The zero-order valence-corrected chi connectivity index (χ0v) is 16.7. The molecule has 0 atom stereocenters. The van der Waals surface area contributed by atoms with Crippen LogP contribution in [0.1, 0.15) is 11.1 Å². The van der Waals surface area contributed by atoms with Gasteiger partial charge in [-0.1, -0.05) is 36.4 Å². The second-order valence-electron chi connectivity index (χ2n) is 5.94. The first-order chi connectivity index (χ1) is 13.9. The molecule has 3 rings (SSSR count). The summed E-state index contributed by atoms with van der Waals surface area (Å²) in [7, 11) is 0. The second kappa shape index (κ2) is 9.19. The number of fused-ring (bicyclic) bond motifs is 1. The fraction of sp³-hybridized carbons (Fsp3) is 0.100. The Morgan fingerprint density at radius 2 is 2.03 bits per heavy atom. The van der Waals surface area contributed by atoms with Crippen molar-refractivity contribution in [1.82, 2.24) is 4.72 Å². The molecule has 1 aliphatic heterocycles. The van der Waals surface area contributed by atoms with E-state index in [9.17, 15) is 13.2 Å². The SMILES string of the molecule is C=C/C(F)=C(/CN=C1NSc2cc(F)c(F)c(Cc3ccccc3Cl)c2N1)N=C. The van der Waals surface area contributed by atoms with Gasteiger partial charge in [0.05, 0.1) is 22.8 Å². The third-order valence-electron chi connectivity index (χ3n) is 4.14. The fourth-order valence-corrected chi connectivity index (χ4v) is 3.62. The van der Waals surface area contributed by atoms with Crippen molar-refractivity contribution in [3.8, 4) is 0 Å². The summed E-state index contributed by atoms with van der Waals surface area (Å²) in [6.45, 7) is 6.53. The maximum absolute atomic E-state index is 14.6. The van der Waals surface area contributed by atoms with Gasteiger partial charge < -0.3 is 5.32 Å². The number of allylic oxidation sites excluding steroid dienone is 2. The van der Waals surface area contributed by atoms with E-state index in [4.69, 9.17) is 11.6 Å². The molecule has 1 aliphatic rings. The van der Waals surface area contributed by atoms with Crippen molar-refractivity contribution in [3.05, 3.63) is 82.3 Å². The Morgan fingerprint density at radius 3 is 2.72 bits per heavy atom. The highest BCUT2D eigenvalue weighted by Gasteiger charge is 2.24. The normalized spacial score (nSPS) is 15.1. The zero-order chi connectivity index (χ0) is 21.0. The summed E-state index contributed by atoms with van der Waals surface area (Å²) in [5.74, 6) is -2.33. The van der Waals surface area contributed by atoms with Gasteiger partial charge in [-0.3, -0.25) is 9.71 Å². The van der Waals surface area contributed by atoms with Gasteiger partial charge in [-0.25, -0.2) is 18.2 Å². The predicted octanol–water partition coefficient (Wildman–Crippen LogP) is 5.65. The van der Waals surface area contributed by atoms with E-state index < -0.39 is 17.5 Å². The molecule has 0 aromatic heterocycles. The summed E-state index contributed by atoms with van der Waals surface area (Å²) >= 11 is 7.24. The van der Waals surface area contributed by atoms with E-state index in [1.54, 1.807) is 24.3 Å². The number of rotatable bonds is 6. The van der Waals surface area contributed by atoms with Crippen LogP contribution in [-0.4, -0.2) is 19.2 Å². The molecule has 2 aromatic rings. The summed E-state index contributed by atoms with van der Waals surface area (Å²) in [5, 5.41) is 3.40. The fourth-order valence-electron chi connectivity index (χ4n) is 2.66. The van der Waals surface area contributed by atoms with E-state index in [1.807, 2.05) is 0 Å². The minimum Gasteiger partial charge on any atom is -0.324 e. The van der Waals surface area contributed by atoms with Gasteiger partial charge in [0.25, 0.3) is 0 Å². The first-order valence-electron chi connectivity index (χ1n) is 8.41. The Hall–Kier alpha value is -2.71. The number of hydrogen-bond acceptors (Lipinski definition) is 3. The van der Waals surface area contributed by atoms with Gasteiger partial charge in [-0.2, -0.15) is 0 Å². The molecule has 0 fully saturated rings. The number of halogens is 4. The van der Waals surface area contributed by atoms with E-state index in [1.165, 1.54) is 0 Å². The number of benzene rings is 2. The molecule has 9 heteroatoms. The lowest BCUT2D eigenvalue weighted by molar-refractivity contribution is 0.498. The number of hydrogen-bond donors (Lipinski definition) is 2. The Bertz CT molecular complexity index is 1040. The van der Waals surface area contributed by atoms with Crippen LogP contribution in [0.15, 0.2) is 69.4 Å². The van der Waals surface area contributed by atoms with Crippen LogP contribution in [-0.2, 0) is 6.42 Å². The maximum Gasteiger partial charge on any atom is 0.206 e. The van der Waals surface area contributed by atoms with E-state index in [2.05, 4.69) is 33.3 Å². The molecule has 0 saturated carbocycles. The van der Waals surface area contributed by atoms with E-state index in [0.717, 1.165) is 24.1 Å². The van der Waals surface area contributed by atoms with Gasteiger partial charge in [0, 0.05) is 17.0 Å². The van der Waals surface area contributed by atoms with Crippen LogP contribution in [0.2, 0.25) is 5.02 Å². The average molecular weight is 437 g/mol. The van der Waals surface area contributed by atoms with Crippen molar-refractivity contribution in [2.75, 3.05) is 11.9 Å². The van der Waals surface area contributed by atoms with Crippen molar-refractivity contribution >= 4 is 41.9 Å². The lowest BCUT2D eigenvalue weighted by atomic mass is 10.0. The number of nitrogens with one attached hydrogen (secondary N) is 2. The van der Waals surface area contributed by atoms with Crippen molar-refractivity contribution in [3.63, 3.8) is 0 Å². The highest BCUT2D eigenvalue weighted by atomic mass is 35.5. The second-order valence-corrected chi connectivity index (χ2v) is 7.20.